The maximum atomic E-state index is 5.51. The lowest BCUT2D eigenvalue weighted by Gasteiger charge is -2.18. The highest BCUT2D eigenvalue weighted by Gasteiger charge is 2.13. The van der Waals surface area contributed by atoms with Gasteiger partial charge in [-0.2, -0.15) is 5.10 Å². The van der Waals surface area contributed by atoms with Crippen molar-refractivity contribution in [3.05, 3.63) is 47.8 Å². The molecular weight excluding hydrogens is 262 g/mol. The predicted molar refractivity (Wildman–Crippen MR) is 85.4 cm³/mol. The molecule has 1 N–H and O–H groups in total. The molecule has 1 heterocycles. The van der Waals surface area contributed by atoms with E-state index in [1.807, 2.05) is 29.9 Å². The van der Waals surface area contributed by atoms with E-state index in [0.29, 0.717) is 6.61 Å². The van der Waals surface area contributed by atoms with Crippen molar-refractivity contribution in [2.45, 2.75) is 46.3 Å². The Balaban J connectivity index is 1.87. The van der Waals surface area contributed by atoms with Crippen LogP contribution in [0.25, 0.3) is 0 Å². The van der Waals surface area contributed by atoms with Gasteiger partial charge in [0.1, 0.15) is 5.75 Å². The molecule has 0 saturated heterocycles. The molecule has 4 nitrogen and oxygen atoms in total. The van der Waals surface area contributed by atoms with Crippen molar-refractivity contribution >= 4 is 0 Å². The van der Waals surface area contributed by atoms with Crippen molar-refractivity contribution in [2.24, 2.45) is 0 Å². The maximum absolute atomic E-state index is 5.51. The molecule has 0 bridgehead atoms. The van der Waals surface area contributed by atoms with Gasteiger partial charge in [-0.1, -0.05) is 12.1 Å². The molecule has 0 spiro atoms. The molecule has 1 aromatic carbocycles. The second-order valence-electron chi connectivity index (χ2n) is 6.15. The second-order valence-corrected chi connectivity index (χ2v) is 6.15. The number of nitrogens with one attached hydrogen (secondary N) is 1. The first kappa shape index (κ1) is 15.6. The fraction of sp³-hybridized carbons (Fsp3) is 0.471. The first-order valence-electron chi connectivity index (χ1n) is 7.45. The molecule has 0 aliphatic rings. The van der Waals surface area contributed by atoms with Crippen LogP contribution < -0.4 is 10.1 Å². The Hall–Kier alpha value is -1.81. The highest BCUT2D eigenvalue weighted by molar-refractivity contribution is 5.28. The average molecular weight is 287 g/mol. The van der Waals surface area contributed by atoms with Gasteiger partial charge in [-0.25, -0.2) is 0 Å². The quantitative estimate of drug-likeness (QED) is 0.886. The molecule has 1 aromatic heterocycles. The Bertz CT molecular complexity index is 569. The topological polar surface area (TPSA) is 39.1 Å². The summed E-state index contributed by atoms with van der Waals surface area (Å²) in [5.41, 5.74) is 2.46. The van der Waals surface area contributed by atoms with Gasteiger partial charge in [-0.15, -0.1) is 0 Å². The smallest absolute Gasteiger partial charge is 0.119 e. The van der Waals surface area contributed by atoms with E-state index in [2.05, 4.69) is 49.5 Å². The van der Waals surface area contributed by atoms with Gasteiger partial charge < -0.3 is 10.1 Å². The van der Waals surface area contributed by atoms with Gasteiger partial charge in [0.25, 0.3) is 0 Å². The van der Waals surface area contributed by atoms with Crippen LogP contribution in [0, 0.1) is 0 Å². The van der Waals surface area contributed by atoms with E-state index in [9.17, 15) is 0 Å². The van der Waals surface area contributed by atoms with Gasteiger partial charge >= 0.3 is 0 Å². The van der Waals surface area contributed by atoms with Crippen LogP contribution in [0.15, 0.2) is 36.7 Å². The molecule has 114 valence electrons. The fourth-order valence-corrected chi connectivity index (χ4v) is 2.08. The van der Waals surface area contributed by atoms with Crippen LogP contribution in [0.1, 0.15) is 38.8 Å². The van der Waals surface area contributed by atoms with Gasteiger partial charge in [0, 0.05) is 24.8 Å². The zero-order valence-electron chi connectivity index (χ0n) is 13.4. The lowest BCUT2D eigenvalue weighted by molar-refractivity contribution is 0.340. The predicted octanol–water partition coefficient (Wildman–Crippen LogP) is 3.33. The van der Waals surface area contributed by atoms with E-state index in [0.717, 1.165) is 18.8 Å². The summed E-state index contributed by atoms with van der Waals surface area (Å²) >= 11 is 0. The first-order chi connectivity index (χ1) is 9.99. The molecule has 0 aliphatic carbocycles. The standard InChI is InChI=1S/C17H25N3O/c1-5-21-16-8-6-7-14(9-16)10-18-11-15-12-19-20(13-15)17(2,3)4/h6-9,12-13,18H,5,10-11H2,1-4H3. The Morgan fingerprint density at radius 3 is 2.62 bits per heavy atom. The Morgan fingerprint density at radius 1 is 1.19 bits per heavy atom. The van der Waals surface area contributed by atoms with Crippen LogP contribution >= 0.6 is 0 Å². The molecule has 0 saturated carbocycles. The summed E-state index contributed by atoms with van der Waals surface area (Å²) in [6, 6.07) is 8.20. The van der Waals surface area contributed by atoms with Crippen molar-refractivity contribution in [1.29, 1.82) is 0 Å². The van der Waals surface area contributed by atoms with Gasteiger partial charge in [0.15, 0.2) is 0 Å². The van der Waals surface area contributed by atoms with Crippen molar-refractivity contribution in [1.82, 2.24) is 15.1 Å². The molecule has 0 fully saturated rings. The minimum atomic E-state index is 0.0318. The molecular formula is C17H25N3O. The third kappa shape index (κ3) is 4.60. The highest BCUT2D eigenvalue weighted by Crippen LogP contribution is 2.14. The number of ether oxygens (including phenoxy) is 1. The van der Waals surface area contributed by atoms with Gasteiger partial charge in [0.2, 0.25) is 0 Å². The third-order valence-electron chi connectivity index (χ3n) is 3.19. The summed E-state index contributed by atoms with van der Waals surface area (Å²) in [5.74, 6) is 0.928. The van der Waals surface area contributed by atoms with Gasteiger partial charge in [-0.3, -0.25) is 4.68 Å². The second kappa shape index (κ2) is 6.76. The molecule has 0 amide bonds. The van der Waals surface area contributed by atoms with Crippen LogP contribution in [0.4, 0.5) is 0 Å². The summed E-state index contributed by atoms with van der Waals surface area (Å²) in [6.07, 6.45) is 4.03. The van der Waals surface area contributed by atoms with Crippen LogP contribution in [0.2, 0.25) is 0 Å². The van der Waals surface area contributed by atoms with Crippen molar-refractivity contribution < 1.29 is 4.74 Å². The molecule has 4 heteroatoms. The first-order valence-corrected chi connectivity index (χ1v) is 7.45. The molecule has 2 rings (SSSR count). The maximum Gasteiger partial charge on any atom is 0.119 e. The third-order valence-corrected chi connectivity index (χ3v) is 3.19. The average Bonchev–Trinajstić information content (AvgIpc) is 2.88. The molecule has 0 atom stereocenters. The van der Waals surface area contributed by atoms with E-state index < -0.39 is 0 Å². The fourth-order valence-electron chi connectivity index (χ4n) is 2.08. The van der Waals surface area contributed by atoms with Crippen LogP contribution in [0.5, 0.6) is 5.75 Å². The Labute approximate surface area is 127 Å². The summed E-state index contributed by atoms with van der Waals surface area (Å²) in [4.78, 5) is 0. The van der Waals surface area contributed by atoms with Crippen molar-refractivity contribution in [2.75, 3.05) is 6.61 Å². The number of rotatable bonds is 6. The van der Waals surface area contributed by atoms with E-state index in [1.165, 1.54) is 11.1 Å². The van der Waals surface area contributed by atoms with E-state index in [1.54, 1.807) is 0 Å². The van der Waals surface area contributed by atoms with E-state index >= 15 is 0 Å². The zero-order chi connectivity index (χ0) is 15.3. The number of aromatic nitrogens is 2. The molecule has 0 unspecified atom stereocenters. The molecule has 21 heavy (non-hydrogen) atoms. The van der Waals surface area contributed by atoms with Crippen LogP contribution in [-0.4, -0.2) is 16.4 Å². The number of nitrogens with zero attached hydrogens (tertiary/aromatic N) is 2. The van der Waals surface area contributed by atoms with E-state index in [4.69, 9.17) is 4.74 Å². The number of hydrogen-bond acceptors (Lipinski definition) is 3. The number of hydrogen-bond donors (Lipinski definition) is 1. The minimum Gasteiger partial charge on any atom is -0.494 e. The van der Waals surface area contributed by atoms with Gasteiger partial charge in [-0.05, 0) is 45.4 Å². The van der Waals surface area contributed by atoms with Crippen molar-refractivity contribution in [3.8, 4) is 5.75 Å². The largest absolute Gasteiger partial charge is 0.494 e. The zero-order valence-corrected chi connectivity index (χ0v) is 13.4. The lowest BCUT2D eigenvalue weighted by Crippen LogP contribution is -2.22. The SMILES string of the molecule is CCOc1cccc(CNCc2cnn(C(C)(C)C)c2)c1. The van der Waals surface area contributed by atoms with Crippen LogP contribution in [-0.2, 0) is 18.6 Å². The Kier molecular flexibility index (Phi) is 5.02. The monoisotopic (exact) mass is 287 g/mol. The van der Waals surface area contributed by atoms with Gasteiger partial charge in [0.05, 0.1) is 18.3 Å². The Morgan fingerprint density at radius 2 is 1.95 bits per heavy atom. The highest BCUT2D eigenvalue weighted by atomic mass is 16.5. The molecule has 0 radical (unpaired) electrons. The van der Waals surface area contributed by atoms with E-state index in [-0.39, 0.29) is 5.54 Å². The number of benzene rings is 1. The lowest BCUT2D eigenvalue weighted by atomic mass is 10.1. The molecule has 0 aliphatic heterocycles. The van der Waals surface area contributed by atoms with Crippen LogP contribution in [0.3, 0.4) is 0 Å². The van der Waals surface area contributed by atoms with Crippen molar-refractivity contribution in [3.63, 3.8) is 0 Å². The summed E-state index contributed by atoms with van der Waals surface area (Å²) < 4.78 is 7.51. The molecule has 2 aromatic rings. The summed E-state index contributed by atoms with van der Waals surface area (Å²) in [5, 5.41) is 7.85. The minimum absolute atomic E-state index is 0.0318. The normalized spacial score (nSPS) is 11.6. The summed E-state index contributed by atoms with van der Waals surface area (Å²) in [7, 11) is 0. The summed E-state index contributed by atoms with van der Waals surface area (Å²) in [6.45, 7) is 10.8.